The molecule has 2 aromatic heterocycles. The number of hydrogen-bond donors (Lipinski definition) is 0. The predicted octanol–water partition coefficient (Wildman–Crippen LogP) is 2.18. The lowest BCUT2D eigenvalue weighted by atomic mass is 10.2. The molecule has 0 atom stereocenters. The van der Waals surface area contributed by atoms with Crippen molar-refractivity contribution in [2.75, 3.05) is 3.88 Å². The van der Waals surface area contributed by atoms with Crippen LogP contribution in [-0.4, -0.2) is 42.0 Å². The van der Waals surface area contributed by atoms with E-state index in [9.17, 15) is 4.79 Å². The van der Waals surface area contributed by atoms with Crippen molar-refractivity contribution in [2.24, 2.45) is 0 Å². The highest BCUT2D eigenvalue weighted by atomic mass is 27.1. The normalized spacial score (nSPS) is 10.8. The first kappa shape index (κ1) is 16.5. The highest BCUT2D eigenvalue weighted by Gasteiger charge is 2.23. The third-order valence-electron chi connectivity index (χ3n) is 3.79. The summed E-state index contributed by atoms with van der Waals surface area (Å²) in [7, 11) is 0. The van der Waals surface area contributed by atoms with Crippen molar-refractivity contribution in [3.63, 3.8) is 0 Å². The summed E-state index contributed by atoms with van der Waals surface area (Å²) in [6, 6.07) is 11.8. The molecule has 24 heavy (non-hydrogen) atoms. The van der Waals surface area contributed by atoms with Crippen molar-refractivity contribution in [3.8, 4) is 11.5 Å². The van der Waals surface area contributed by atoms with Crippen LogP contribution in [-0.2, 0) is 11.2 Å². The molecule has 0 aliphatic heterocycles. The monoisotopic (exact) mass is 336 g/mol. The van der Waals surface area contributed by atoms with E-state index in [1.54, 1.807) is 38.2 Å². The fraction of sp³-hybridized carbons (Fsp3) is 0.235. The lowest BCUT2D eigenvalue weighted by Crippen LogP contribution is -2.27. The van der Waals surface area contributed by atoms with Crippen LogP contribution >= 0.6 is 0 Å². The van der Waals surface area contributed by atoms with Gasteiger partial charge in [0.25, 0.3) is 0 Å². The topological polar surface area (TPSA) is 56.0 Å². The quantitative estimate of drug-likeness (QED) is 0.671. The molecule has 0 unspecified atom stereocenters. The molecule has 0 aliphatic rings. The molecular formula is C17H19AlN5O. The molecule has 0 fully saturated rings. The number of nitrogens with zero attached hydrogens (tertiary/aromatic N) is 5. The SMILES string of the molecule is CCCc1c([N]([AlH])C(C)=O)c(-n2cccn2)nn1-c1ccccc1. The van der Waals surface area contributed by atoms with E-state index in [0.29, 0.717) is 5.82 Å². The van der Waals surface area contributed by atoms with Crippen molar-refractivity contribution >= 4 is 28.1 Å². The van der Waals surface area contributed by atoms with Crippen LogP contribution in [0.15, 0.2) is 48.8 Å². The van der Waals surface area contributed by atoms with Crippen molar-refractivity contribution in [2.45, 2.75) is 26.7 Å². The van der Waals surface area contributed by atoms with E-state index in [-0.39, 0.29) is 5.91 Å². The molecule has 1 radical (unpaired) electrons. The molecule has 7 heteroatoms. The molecule has 6 nitrogen and oxygen atoms in total. The molecule has 2 heterocycles. The molecule has 1 amide bonds. The minimum atomic E-state index is -0.0216. The van der Waals surface area contributed by atoms with Crippen molar-refractivity contribution < 1.29 is 4.79 Å². The average Bonchev–Trinajstić information content (AvgIpc) is 3.23. The van der Waals surface area contributed by atoms with Crippen LogP contribution in [0.3, 0.4) is 0 Å². The van der Waals surface area contributed by atoms with Gasteiger partial charge in [0.05, 0.1) is 17.1 Å². The molecule has 1 aromatic carbocycles. The first-order valence-corrected chi connectivity index (χ1v) is 8.55. The van der Waals surface area contributed by atoms with Gasteiger partial charge in [-0.25, -0.2) is 9.36 Å². The number of carbonyl (C=O) groups is 1. The standard InChI is InChI=1S/C17H19N5O.Al.H/c1-3-8-15-16(19-13(2)23)17(21-12-7-11-18-21)20-22(15)14-9-5-4-6-10-14;;/h4-7,9-12H,3,8H2,1-2H3,(H,19,23);;/q;+1;/p-1. The van der Waals surface area contributed by atoms with Crippen LogP contribution in [0.1, 0.15) is 26.0 Å². The Hall–Kier alpha value is -2.36. The van der Waals surface area contributed by atoms with Gasteiger partial charge in [0.2, 0.25) is 0 Å². The number of rotatable bonds is 5. The van der Waals surface area contributed by atoms with Crippen molar-refractivity contribution in [1.29, 1.82) is 0 Å². The summed E-state index contributed by atoms with van der Waals surface area (Å²) in [6.07, 6.45) is 5.33. The van der Waals surface area contributed by atoms with E-state index in [1.165, 1.54) is 0 Å². The Labute approximate surface area is 149 Å². The number of hydrogen-bond acceptors (Lipinski definition) is 3. The van der Waals surface area contributed by atoms with Gasteiger partial charge in [-0.15, -0.1) is 5.10 Å². The number of amides is 1. The van der Waals surface area contributed by atoms with Gasteiger partial charge >= 0.3 is 16.5 Å². The lowest BCUT2D eigenvalue weighted by Gasteiger charge is -2.19. The third kappa shape index (κ3) is 3.01. The van der Waals surface area contributed by atoms with Crippen molar-refractivity contribution in [3.05, 3.63) is 54.5 Å². The maximum atomic E-state index is 12.0. The molecule has 0 saturated heterocycles. The number of anilines is 1. The largest absolute Gasteiger partial charge is 0.414 e. The smallest absolute Gasteiger partial charge is 0.354 e. The van der Waals surface area contributed by atoms with Crippen LogP contribution in [0, 0.1) is 0 Å². The van der Waals surface area contributed by atoms with Crippen molar-refractivity contribution in [1.82, 2.24) is 19.6 Å². The second-order valence-electron chi connectivity index (χ2n) is 5.51. The molecule has 0 spiro atoms. The summed E-state index contributed by atoms with van der Waals surface area (Å²) in [4.78, 5) is 12.0. The van der Waals surface area contributed by atoms with Crippen LogP contribution in [0.4, 0.5) is 5.69 Å². The first-order valence-electron chi connectivity index (χ1n) is 7.92. The van der Waals surface area contributed by atoms with Crippen LogP contribution in [0.25, 0.3) is 11.5 Å². The summed E-state index contributed by atoms with van der Waals surface area (Å²) < 4.78 is 5.30. The summed E-state index contributed by atoms with van der Waals surface area (Å²) in [5.74, 6) is 0.643. The van der Waals surface area contributed by atoms with Gasteiger partial charge in [0.15, 0.2) is 11.7 Å². The fourth-order valence-electron chi connectivity index (χ4n) is 2.66. The number of para-hydroxylation sites is 1. The van der Waals surface area contributed by atoms with E-state index in [2.05, 4.69) is 12.0 Å². The summed E-state index contributed by atoms with van der Waals surface area (Å²) >= 11 is 1.54. The Morgan fingerprint density at radius 3 is 2.58 bits per heavy atom. The minimum absolute atomic E-state index is 0.0216. The molecule has 3 aromatic rings. The predicted molar refractivity (Wildman–Crippen MR) is 95.0 cm³/mol. The Morgan fingerprint density at radius 1 is 1.25 bits per heavy atom. The fourth-order valence-corrected chi connectivity index (χ4v) is 2.98. The molecular weight excluding hydrogens is 317 g/mol. The zero-order valence-corrected chi connectivity index (χ0v) is 15.3. The number of carbonyl (C=O) groups excluding carboxylic acids is 1. The second kappa shape index (κ2) is 7.04. The lowest BCUT2D eigenvalue weighted by molar-refractivity contribution is -0.115. The molecule has 3 rings (SSSR count). The Bertz CT molecular complexity index is 826. The van der Waals surface area contributed by atoms with E-state index in [0.717, 1.165) is 29.9 Å². The molecule has 0 aliphatic carbocycles. The van der Waals surface area contributed by atoms with Gasteiger partial charge in [-0.1, -0.05) is 31.5 Å². The van der Waals surface area contributed by atoms with Gasteiger partial charge < -0.3 is 3.88 Å². The average molecular weight is 336 g/mol. The maximum Gasteiger partial charge on any atom is 0.354 e. The molecule has 0 saturated carbocycles. The van der Waals surface area contributed by atoms with E-state index >= 15 is 0 Å². The molecule has 0 N–H and O–H groups in total. The van der Waals surface area contributed by atoms with Gasteiger partial charge in [-0.2, -0.15) is 5.10 Å². The van der Waals surface area contributed by atoms with E-state index in [1.807, 2.05) is 47.3 Å². The minimum Gasteiger partial charge on any atom is -0.414 e. The second-order valence-corrected chi connectivity index (χ2v) is 6.15. The summed E-state index contributed by atoms with van der Waals surface area (Å²) in [5.41, 5.74) is 2.80. The Morgan fingerprint density at radius 2 is 2.00 bits per heavy atom. The van der Waals surface area contributed by atoms with Gasteiger partial charge in [0.1, 0.15) is 0 Å². The zero-order valence-electron chi connectivity index (χ0n) is 13.9. The van der Waals surface area contributed by atoms with Gasteiger partial charge in [-0.05, 0) is 24.6 Å². The highest BCUT2D eigenvalue weighted by Crippen LogP contribution is 2.30. The summed E-state index contributed by atoms with van der Waals surface area (Å²) in [5, 5.41) is 9.08. The van der Waals surface area contributed by atoms with Crippen LogP contribution < -0.4 is 3.88 Å². The number of aromatic nitrogens is 4. The Kier molecular flexibility index (Phi) is 4.84. The number of benzene rings is 1. The van der Waals surface area contributed by atoms with E-state index < -0.39 is 0 Å². The van der Waals surface area contributed by atoms with E-state index in [4.69, 9.17) is 5.10 Å². The highest BCUT2D eigenvalue weighted by molar-refractivity contribution is 6.31. The van der Waals surface area contributed by atoms with Gasteiger partial charge in [0, 0.05) is 19.3 Å². The third-order valence-corrected chi connectivity index (χ3v) is 4.56. The maximum absolute atomic E-state index is 12.0. The van der Waals surface area contributed by atoms with Crippen LogP contribution in [0.2, 0.25) is 0 Å². The van der Waals surface area contributed by atoms with Crippen LogP contribution in [0.5, 0.6) is 0 Å². The Balaban J connectivity index is 2.27. The molecule has 0 bridgehead atoms. The van der Waals surface area contributed by atoms with Gasteiger partial charge in [-0.3, -0.25) is 4.79 Å². The summed E-state index contributed by atoms with van der Waals surface area (Å²) in [6.45, 7) is 3.69. The molecule has 121 valence electrons. The first-order chi connectivity index (χ1) is 11.6. The zero-order chi connectivity index (χ0) is 17.1.